The van der Waals surface area contributed by atoms with Crippen molar-refractivity contribution in [2.75, 3.05) is 12.0 Å². The van der Waals surface area contributed by atoms with Gasteiger partial charge in [-0.25, -0.2) is 9.97 Å². The fraction of sp³-hybridized carbons (Fsp3) is 0.500. The average molecular weight is 304 g/mol. The number of halogens is 2. The number of thioether (sulfide) groups is 1. The Morgan fingerprint density at radius 2 is 2.17 bits per heavy atom. The Labute approximate surface area is 121 Å². The minimum Gasteiger partial charge on any atom is -0.308 e. The quantitative estimate of drug-likeness (QED) is 0.789. The maximum atomic E-state index is 6.21. The molecule has 0 aliphatic rings. The van der Waals surface area contributed by atoms with E-state index >= 15 is 0 Å². The fourth-order valence-electron chi connectivity index (χ4n) is 2.01. The van der Waals surface area contributed by atoms with Gasteiger partial charge in [0.15, 0.2) is 5.65 Å². The third-order valence-electron chi connectivity index (χ3n) is 2.73. The lowest BCUT2D eigenvalue weighted by Crippen LogP contribution is -2.12. The first kappa shape index (κ1) is 14.0. The van der Waals surface area contributed by atoms with Crippen LogP contribution in [0.4, 0.5) is 0 Å². The van der Waals surface area contributed by atoms with Crippen LogP contribution in [0.5, 0.6) is 0 Å². The van der Waals surface area contributed by atoms with E-state index in [9.17, 15) is 0 Å². The lowest BCUT2D eigenvalue weighted by molar-refractivity contribution is 0.589. The number of fused-ring (bicyclic) bond motifs is 1. The molecule has 0 bridgehead atoms. The largest absolute Gasteiger partial charge is 0.308 e. The summed E-state index contributed by atoms with van der Waals surface area (Å²) in [6.45, 7) is 4.07. The van der Waals surface area contributed by atoms with Gasteiger partial charge < -0.3 is 4.57 Å². The van der Waals surface area contributed by atoms with Crippen molar-refractivity contribution >= 4 is 46.1 Å². The van der Waals surface area contributed by atoms with Gasteiger partial charge in [-0.2, -0.15) is 11.8 Å². The first-order valence-electron chi connectivity index (χ1n) is 5.71. The average Bonchev–Trinajstić information content (AvgIpc) is 2.67. The summed E-state index contributed by atoms with van der Waals surface area (Å²) in [7, 11) is 0. The zero-order valence-electron chi connectivity index (χ0n) is 10.5. The summed E-state index contributed by atoms with van der Waals surface area (Å²) in [6, 6.07) is 2.13. The first-order chi connectivity index (χ1) is 8.54. The Balaban J connectivity index is 2.62. The maximum Gasteiger partial charge on any atom is 0.160 e. The number of hydrogen-bond donors (Lipinski definition) is 0. The van der Waals surface area contributed by atoms with E-state index in [0.29, 0.717) is 11.1 Å². The van der Waals surface area contributed by atoms with E-state index in [4.69, 9.17) is 23.2 Å². The number of pyridine rings is 1. The molecule has 0 saturated carbocycles. The van der Waals surface area contributed by atoms with E-state index in [2.05, 4.69) is 27.7 Å². The molecule has 0 saturated heterocycles. The number of hydrogen-bond acceptors (Lipinski definition) is 3. The van der Waals surface area contributed by atoms with Crippen molar-refractivity contribution in [3.8, 4) is 0 Å². The monoisotopic (exact) mass is 303 g/mol. The molecule has 0 N–H and O–H groups in total. The van der Waals surface area contributed by atoms with E-state index in [1.807, 2.05) is 13.0 Å². The van der Waals surface area contributed by atoms with Gasteiger partial charge in [0.25, 0.3) is 0 Å². The fourth-order valence-corrected chi connectivity index (χ4v) is 2.94. The Hall–Kier alpha value is -0.450. The summed E-state index contributed by atoms with van der Waals surface area (Å²) < 4.78 is 2.11. The molecule has 2 aromatic rings. The van der Waals surface area contributed by atoms with E-state index < -0.39 is 0 Å². The number of nitrogens with zero attached hydrogens (tertiary/aromatic N) is 3. The van der Waals surface area contributed by atoms with Crippen molar-refractivity contribution in [3.05, 3.63) is 23.1 Å². The molecule has 3 nitrogen and oxygen atoms in total. The van der Waals surface area contributed by atoms with Gasteiger partial charge in [-0.1, -0.05) is 11.6 Å². The van der Waals surface area contributed by atoms with Crippen LogP contribution in [0.1, 0.15) is 31.1 Å². The highest BCUT2D eigenvalue weighted by atomic mass is 35.5. The van der Waals surface area contributed by atoms with Crippen molar-refractivity contribution in [1.82, 2.24) is 14.5 Å². The molecule has 2 unspecified atom stereocenters. The highest BCUT2D eigenvalue weighted by Crippen LogP contribution is 2.29. The van der Waals surface area contributed by atoms with Gasteiger partial charge >= 0.3 is 0 Å². The van der Waals surface area contributed by atoms with Crippen LogP contribution in [-0.4, -0.2) is 26.5 Å². The highest BCUT2D eigenvalue weighted by molar-refractivity contribution is 7.98. The smallest absolute Gasteiger partial charge is 0.160 e. The SMILES string of the molecule is CSCC(C)n1c(C(C)Cl)nc2cc(Cl)cnc21. The van der Waals surface area contributed by atoms with Crippen molar-refractivity contribution in [1.29, 1.82) is 0 Å². The standard InChI is InChI=1S/C12H15Cl2N3S/c1-7(6-18-3)17-11(8(2)13)16-10-4-9(14)5-15-12(10)17/h4-5,7-8H,6H2,1-3H3. The second kappa shape index (κ2) is 5.68. The number of rotatable bonds is 4. The molecule has 0 amide bonds. The Morgan fingerprint density at radius 1 is 1.44 bits per heavy atom. The van der Waals surface area contributed by atoms with E-state index in [0.717, 1.165) is 22.7 Å². The maximum absolute atomic E-state index is 6.21. The summed E-state index contributed by atoms with van der Waals surface area (Å²) in [5.41, 5.74) is 1.65. The number of alkyl halides is 1. The van der Waals surface area contributed by atoms with Crippen molar-refractivity contribution in [3.63, 3.8) is 0 Å². The molecule has 6 heteroatoms. The molecule has 0 aliphatic heterocycles. The van der Waals surface area contributed by atoms with Crippen LogP contribution >= 0.6 is 35.0 Å². The minimum atomic E-state index is -0.151. The van der Waals surface area contributed by atoms with Gasteiger partial charge in [-0.05, 0) is 26.2 Å². The molecule has 2 rings (SSSR count). The van der Waals surface area contributed by atoms with Crippen LogP contribution in [0.3, 0.4) is 0 Å². The summed E-state index contributed by atoms with van der Waals surface area (Å²) in [4.78, 5) is 8.94. The summed E-state index contributed by atoms with van der Waals surface area (Å²) in [5, 5.41) is 0.445. The van der Waals surface area contributed by atoms with Crippen LogP contribution < -0.4 is 0 Å². The molecular weight excluding hydrogens is 289 g/mol. The van der Waals surface area contributed by atoms with Crippen molar-refractivity contribution in [2.45, 2.75) is 25.3 Å². The van der Waals surface area contributed by atoms with Crippen LogP contribution in [0.2, 0.25) is 5.02 Å². The molecule has 2 atom stereocenters. The third kappa shape index (κ3) is 2.60. The summed E-state index contributed by atoms with van der Waals surface area (Å²) in [6.07, 6.45) is 3.74. The van der Waals surface area contributed by atoms with Crippen LogP contribution in [0.15, 0.2) is 12.3 Å². The molecule has 18 heavy (non-hydrogen) atoms. The second-order valence-electron chi connectivity index (χ2n) is 4.26. The van der Waals surface area contributed by atoms with E-state index in [1.165, 1.54) is 0 Å². The van der Waals surface area contributed by atoms with Crippen molar-refractivity contribution in [2.24, 2.45) is 0 Å². The molecular formula is C12H15Cl2N3S. The topological polar surface area (TPSA) is 30.7 Å². The third-order valence-corrected chi connectivity index (χ3v) is 3.95. The minimum absolute atomic E-state index is 0.151. The number of imidazole rings is 1. The zero-order valence-corrected chi connectivity index (χ0v) is 12.9. The van der Waals surface area contributed by atoms with E-state index in [1.54, 1.807) is 18.0 Å². The highest BCUT2D eigenvalue weighted by Gasteiger charge is 2.19. The lowest BCUT2D eigenvalue weighted by Gasteiger charge is -2.16. The molecule has 2 aromatic heterocycles. The summed E-state index contributed by atoms with van der Waals surface area (Å²) in [5.74, 6) is 1.84. The van der Waals surface area contributed by atoms with Gasteiger partial charge in [0.05, 0.1) is 10.4 Å². The molecule has 0 spiro atoms. The molecule has 0 radical (unpaired) electrons. The Morgan fingerprint density at radius 3 is 2.78 bits per heavy atom. The number of aromatic nitrogens is 3. The Kier molecular flexibility index (Phi) is 4.41. The first-order valence-corrected chi connectivity index (χ1v) is 7.91. The second-order valence-corrected chi connectivity index (χ2v) is 6.26. The van der Waals surface area contributed by atoms with Gasteiger partial charge in [-0.3, -0.25) is 0 Å². The Bertz CT molecular complexity index is 553. The molecule has 98 valence electrons. The van der Waals surface area contributed by atoms with Gasteiger partial charge in [0.1, 0.15) is 11.3 Å². The predicted octanol–water partition coefficient (Wildman–Crippen LogP) is 4.31. The van der Waals surface area contributed by atoms with Gasteiger partial charge in [-0.15, -0.1) is 11.6 Å². The van der Waals surface area contributed by atoms with Crippen molar-refractivity contribution < 1.29 is 0 Å². The normalized spacial score (nSPS) is 14.9. The summed E-state index contributed by atoms with van der Waals surface area (Å²) >= 11 is 14.0. The van der Waals surface area contributed by atoms with Gasteiger partial charge in [0, 0.05) is 18.0 Å². The molecule has 0 aliphatic carbocycles. The van der Waals surface area contributed by atoms with Crippen LogP contribution in [0, 0.1) is 0 Å². The molecule has 2 heterocycles. The van der Waals surface area contributed by atoms with Crippen LogP contribution in [0.25, 0.3) is 11.2 Å². The lowest BCUT2D eigenvalue weighted by atomic mass is 10.3. The molecule has 0 fully saturated rings. The van der Waals surface area contributed by atoms with Gasteiger partial charge in [0.2, 0.25) is 0 Å². The van der Waals surface area contributed by atoms with Crippen LogP contribution in [-0.2, 0) is 0 Å². The predicted molar refractivity (Wildman–Crippen MR) is 79.9 cm³/mol. The zero-order chi connectivity index (χ0) is 13.3. The molecule has 0 aromatic carbocycles. The van der Waals surface area contributed by atoms with E-state index in [-0.39, 0.29) is 5.38 Å².